The maximum atomic E-state index is 10.5. The summed E-state index contributed by atoms with van der Waals surface area (Å²) in [5.41, 5.74) is 0. The molecule has 0 aromatic rings. The van der Waals surface area contributed by atoms with Crippen LogP contribution in [0.15, 0.2) is 0 Å². The van der Waals surface area contributed by atoms with Crippen molar-refractivity contribution in [3.8, 4) is 0 Å². The second-order valence-electron chi connectivity index (χ2n) is 8.14. The minimum atomic E-state index is -1.69. The monoisotopic (exact) mass is 454 g/mol. The van der Waals surface area contributed by atoms with Crippen molar-refractivity contribution in [3.63, 3.8) is 0 Å². The smallest absolute Gasteiger partial charge is 0.187 e. The van der Waals surface area contributed by atoms with Gasteiger partial charge in [-0.25, -0.2) is 0 Å². The SMILES string of the molecule is CCCCCCCCOC1O[C@H](CO)[C@@H](O[C@H]2O[C@H](CO)[C@@H](O)[C@H](O)[C@H]2O)[C@H](O)[C@H]1O. The van der Waals surface area contributed by atoms with E-state index in [-0.39, 0.29) is 0 Å². The van der Waals surface area contributed by atoms with Crippen molar-refractivity contribution in [1.82, 2.24) is 0 Å². The number of aliphatic hydroxyl groups excluding tert-OH is 7. The molecule has 2 heterocycles. The molecule has 2 fully saturated rings. The van der Waals surface area contributed by atoms with Crippen molar-refractivity contribution in [1.29, 1.82) is 0 Å². The van der Waals surface area contributed by atoms with Gasteiger partial charge in [0.2, 0.25) is 0 Å². The summed E-state index contributed by atoms with van der Waals surface area (Å²) in [4.78, 5) is 0. The Balaban J connectivity index is 1.90. The topological polar surface area (TPSA) is 179 Å². The molecule has 184 valence electrons. The molecule has 0 saturated carbocycles. The molecule has 7 N–H and O–H groups in total. The zero-order valence-electron chi connectivity index (χ0n) is 17.9. The lowest BCUT2D eigenvalue weighted by molar-refractivity contribution is -0.359. The first-order chi connectivity index (χ1) is 14.8. The Kier molecular flexibility index (Phi) is 11.5. The van der Waals surface area contributed by atoms with E-state index in [0.717, 1.165) is 32.1 Å². The highest BCUT2D eigenvalue weighted by Crippen LogP contribution is 2.29. The number of aliphatic hydroxyl groups is 7. The fourth-order valence-corrected chi connectivity index (χ4v) is 3.77. The summed E-state index contributed by atoms with van der Waals surface area (Å²) < 4.78 is 21.9. The lowest BCUT2D eigenvalue weighted by Gasteiger charge is -2.45. The molecule has 0 aromatic heterocycles. The van der Waals surface area contributed by atoms with Crippen LogP contribution in [-0.4, -0.2) is 117 Å². The molecule has 2 aliphatic heterocycles. The van der Waals surface area contributed by atoms with Gasteiger partial charge in [0, 0.05) is 6.61 Å². The van der Waals surface area contributed by atoms with Gasteiger partial charge in [-0.2, -0.15) is 0 Å². The molecule has 31 heavy (non-hydrogen) atoms. The average Bonchev–Trinajstić information content (AvgIpc) is 2.77. The highest BCUT2D eigenvalue weighted by molar-refractivity contribution is 4.94. The van der Waals surface area contributed by atoms with E-state index in [1.165, 1.54) is 6.42 Å². The van der Waals surface area contributed by atoms with Crippen LogP contribution in [-0.2, 0) is 18.9 Å². The van der Waals surface area contributed by atoms with Crippen LogP contribution in [0.1, 0.15) is 45.4 Å². The van der Waals surface area contributed by atoms with Crippen LogP contribution >= 0.6 is 0 Å². The van der Waals surface area contributed by atoms with E-state index in [1.807, 2.05) is 0 Å². The molecule has 11 heteroatoms. The van der Waals surface area contributed by atoms with Crippen molar-refractivity contribution in [2.45, 2.75) is 107 Å². The van der Waals surface area contributed by atoms with Gasteiger partial charge in [-0.15, -0.1) is 0 Å². The molecule has 2 rings (SSSR count). The van der Waals surface area contributed by atoms with Gasteiger partial charge in [0.15, 0.2) is 12.6 Å². The molecule has 2 saturated heterocycles. The van der Waals surface area contributed by atoms with Gasteiger partial charge in [0.1, 0.15) is 48.8 Å². The normalized spacial score (nSPS) is 41.4. The van der Waals surface area contributed by atoms with Crippen LogP contribution in [0.25, 0.3) is 0 Å². The fraction of sp³-hybridized carbons (Fsp3) is 1.00. The second-order valence-corrected chi connectivity index (χ2v) is 8.14. The Morgan fingerprint density at radius 1 is 0.645 bits per heavy atom. The summed E-state index contributed by atoms with van der Waals surface area (Å²) in [6, 6.07) is 0. The highest BCUT2D eigenvalue weighted by Gasteiger charge is 2.50. The van der Waals surface area contributed by atoms with Gasteiger partial charge in [-0.05, 0) is 6.42 Å². The third-order valence-electron chi connectivity index (χ3n) is 5.74. The molecular formula is C20H38O11. The average molecular weight is 455 g/mol. The number of ether oxygens (including phenoxy) is 4. The summed E-state index contributed by atoms with van der Waals surface area (Å²) in [5.74, 6) is 0. The van der Waals surface area contributed by atoms with E-state index in [1.54, 1.807) is 0 Å². The summed E-state index contributed by atoms with van der Waals surface area (Å²) in [6.07, 6.45) is -7.98. The molecule has 0 aromatic carbocycles. The van der Waals surface area contributed by atoms with Crippen molar-refractivity contribution >= 4 is 0 Å². The van der Waals surface area contributed by atoms with Gasteiger partial charge >= 0.3 is 0 Å². The van der Waals surface area contributed by atoms with Gasteiger partial charge in [-0.3, -0.25) is 0 Å². The maximum absolute atomic E-state index is 10.5. The summed E-state index contributed by atoms with van der Waals surface area (Å²) in [7, 11) is 0. The molecule has 0 amide bonds. The lowest BCUT2D eigenvalue weighted by atomic mass is 9.97. The van der Waals surface area contributed by atoms with Crippen LogP contribution in [0.5, 0.6) is 0 Å². The van der Waals surface area contributed by atoms with Crippen LogP contribution in [0.3, 0.4) is 0 Å². The van der Waals surface area contributed by atoms with Gasteiger partial charge in [0.05, 0.1) is 13.2 Å². The van der Waals surface area contributed by atoms with Crippen molar-refractivity contribution < 1.29 is 54.7 Å². The first-order valence-electron chi connectivity index (χ1n) is 11.1. The van der Waals surface area contributed by atoms with Crippen molar-refractivity contribution in [2.75, 3.05) is 19.8 Å². The molecule has 10 atom stereocenters. The largest absolute Gasteiger partial charge is 0.394 e. The van der Waals surface area contributed by atoms with Crippen LogP contribution in [0.4, 0.5) is 0 Å². The van der Waals surface area contributed by atoms with E-state index in [9.17, 15) is 35.7 Å². The second kappa shape index (κ2) is 13.3. The molecule has 2 aliphatic rings. The van der Waals surface area contributed by atoms with Crippen LogP contribution in [0.2, 0.25) is 0 Å². The number of unbranched alkanes of at least 4 members (excludes halogenated alkanes) is 5. The zero-order valence-corrected chi connectivity index (χ0v) is 17.9. The number of hydrogen-bond donors (Lipinski definition) is 7. The molecule has 11 nitrogen and oxygen atoms in total. The Morgan fingerprint density at radius 3 is 1.87 bits per heavy atom. The van der Waals surface area contributed by atoms with E-state index in [2.05, 4.69) is 6.92 Å². The van der Waals surface area contributed by atoms with Crippen LogP contribution < -0.4 is 0 Å². The van der Waals surface area contributed by atoms with Crippen molar-refractivity contribution in [2.24, 2.45) is 0 Å². The Labute approximate surface area is 182 Å². The maximum Gasteiger partial charge on any atom is 0.187 e. The third-order valence-corrected chi connectivity index (χ3v) is 5.74. The quantitative estimate of drug-likeness (QED) is 0.162. The highest BCUT2D eigenvalue weighted by atomic mass is 16.7. The Hall–Kier alpha value is -0.440. The van der Waals surface area contributed by atoms with Crippen LogP contribution in [0, 0.1) is 0 Å². The van der Waals surface area contributed by atoms with E-state index in [0.29, 0.717) is 6.61 Å². The number of hydrogen-bond acceptors (Lipinski definition) is 11. The number of rotatable bonds is 12. The first kappa shape index (κ1) is 26.8. The predicted octanol–water partition coefficient (Wildman–Crippen LogP) is -2.01. The molecule has 1 unspecified atom stereocenters. The molecule has 0 bridgehead atoms. The molecule has 0 aliphatic carbocycles. The Bertz CT molecular complexity index is 492. The van der Waals surface area contributed by atoms with Crippen molar-refractivity contribution in [3.05, 3.63) is 0 Å². The molecule has 0 radical (unpaired) electrons. The minimum Gasteiger partial charge on any atom is -0.394 e. The van der Waals surface area contributed by atoms with Gasteiger partial charge in [-0.1, -0.05) is 39.0 Å². The third kappa shape index (κ3) is 7.02. The van der Waals surface area contributed by atoms with Gasteiger partial charge < -0.3 is 54.7 Å². The standard InChI is InChI=1S/C20H38O11/c1-2-3-4-5-6-7-8-28-19-17(27)15(25)18(12(10-22)30-19)31-20-16(26)14(24)13(23)11(9-21)29-20/h11-27H,2-10H2,1H3/t11-,12-,13-,14+,15-,16-,17-,18-,19?,20-/m1/s1. The summed E-state index contributed by atoms with van der Waals surface area (Å²) in [6.45, 7) is 1.23. The molecular weight excluding hydrogens is 416 g/mol. The van der Waals surface area contributed by atoms with E-state index in [4.69, 9.17) is 18.9 Å². The first-order valence-corrected chi connectivity index (χ1v) is 11.1. The summed E-state index contributed by atoms with van der Waals surface area (Å²) in [5, 5.41) is 69.7. The minimum absolute atomic E-state index is 0.316. The van der Waals surface area contributed by atoms with E-state index >= 15 is 0 Å². The van der Waals surface area contributed by atoms with E-state index < -0.39 is 74.6 Å². The van der Waals surface area contributed by atoms with Gasteiger partial charge in [0.25, 0.3) is 0 Å². The predicted molar refractivity (Wildman–Crippen MR) is 106 cm³/mol. The fourth-order valence-electron chi connectivity index (χ4n) is 3.77. The molecule has 0 spiro atoms. The lowest BCUT2D eigenvalue weighted by Crippen LogP contribution is -2.64. The Morgan fingerprint density at radius 2 is 1.23 bits per heavy atom. The zero-order chi connectivity index (χ0) is 23.0. The summed E-state index contributed by atoms with van der Waals surface area (Å²) >= 11 is 0.